The lowest BCUT2D eigenvalue weighted by molar-refractivity contribution is -0.110. The fourth-order valence-electron chi connectivity index (χ4n) is 0.833. The fraction of sp³-hybridized carbons (Fsp3) is 0.889. The Bertz CT molecular complexity index is 142. The summed E-state index contributed by atoms with van der Waals surface area (Å²) in [6.07, 6.45) is 0.955. The number of carbonyl (C=O) groups excluding carboxylic acids is 1. The minimum absolute atomic E-state index is 0.169. The zero-order valence-electron chi connectivity index (χ0n) is 7.89. The maximum atomic E-state index is 12.3. The van der Waals surface area contributed by atoms with E-state index in [0.717, 1.165) is 12.2 Å². The van der Waals surface area contributed by atoms with Gasteiger partial charge < -0.3 is 0 Å². The van der Waals surface area contributed by atoms with Crippen LogP contribution in [0.25, 0.3) is 0 Å². The quantitative estimate of drug-likeness (QED) is 0.600. The van der Waals surface area contributed by atoms with Crippen LogP contribution >= 0.6 is 11.8 Å². The Labute approximate surface area is 82.3 Å². The molecule has 13 heavy (non-hydrogen) atoms. The minimum Gasteiger partial charge on any atom is -0.287 e. The molecule has 0 aliphatic rings. The first-order valence-electron chi connectivity index (χ1n) is 4.56. The molecule has 0 amide bonds. The molecule has 0 aromatic carbocycles. The minimum atomic E-state index is -1.31. The number of hydrogen-bond donors (Lipinski definition) is 0. The lowest BCUT2D eigenvalue weighted by Gasteiger charge is -2.02. The smallest absolute Gasteiger partial charge is 0.188 e. The van der Waals surface area contributed by atoms with E-state index in [0.29, 0.717) is 12.8 Å². The molecule has 4 heteroatoms. The predicted octanol–water partition coefficient (Wildman–Crippen LogP) is 3.13. The molecule has 0 fully saturated rings. The SMILES string of the molecule is CCC(=O)SCCCCC(F)CF. The first-order valence-corrected chi connectivity index (χ1v) is 5.55. The zero-order valence-corrected chi connectivity index (χ0v) is 8.71. The highest BCUT2D eigenvalue weighted by molar-refractivity contribution is 8.13. The van der Waals surface area contributed by atoms with Crippen molar-refractivity contribution in [3.63, 3.8) is 0 Å². The van der Waals surface area contributed by atoms with E-state index in [2.05, 4.69) is 0 Å². The number of hydrogen-bond acceptors (Lipinski definition) is 2. The summed E-state index contributed by atoms with van der Waals surface area (Å²) in [5.74, 6) is 0.728. The van der Waals surface area contributed by atoms with Crippen molar-refractivity contribution in [2.45, 2.75) is 38.8 Å². The molecule has 0 rings (SSSR count). The number of thioether (sulfide) groups is 1. The van der Waals surface area contributed by atoms with Crippen LogP contribution < -0.4 is 0 Å². The van der Waals surface area contributed by atoms with Crippen molar-refractivity contribution in [3.05, 3.63) is 0 Å². The van der Waals surface area contributed by atoms with E-state index in [1.54, 1.807) is 0 Å². The maximum absolute atomic E-state index is 12.3. The Morgan fingerprint density at radius 3 is 2.69 bits per heavy atom. The van der Waals surface area contributed by atoms with Crippen molar-refractivity contribution in [2.24, 2.45) is 0 Å². The number of alkyl halides is 2. The molecule has 0 aliphatic carbocycles. The fourth-order valence-corrected chi connectivity index (χ4v) is 1.61. The van der Waals surface area contributed by atoms with Crippen LogP contribution in [0.1, 0.15) is 32.6 Å². The van der Waals surface area contributed by atoms with E-state index < -0.39 is 12.8 Å². The Hall–Kier alpha value is -0.120. The highest BCUT2D eigenvalue weighted by Gasteiger charge is 2.04. The normalized spacial score (nSPS) is 12.8. The topological polar surface area (TPSA) is 17.1 Å². The lowest BCUT2D eigenvalue weighted by atomic mass is 10.2. The summed E-state index contributed by atoms with van der Waals surface area (Å²) < 4.78 is 24.0. The summed E-state index contributed by atoms with van der Waals surface area (Å²) in [6.45, 7) is 0.928. The molecule has 1 atom stereocenters. The van der Waals surface area contributed by atoms with Crippen molar-refractivity contribution in [1.82, 2.24) is 0 Å². The summed E-state index contributed by atoms with van der Waals surface area (Å²) >= 11 is 1.28. The van der Waals surface area contributed by atoms with Gasteiger partial charge in [0, 0.05) is 12.2 Å². The number of carbonyl (C=O) groups is 1. The van der Waals surface area contributed by atoms with Crippen LogP contribution in [0.5, 0.6) is 0 Å². The van der Waals surface area contributed by atoms with Gasteiger partial charge in [-0.25, -0.2) is 8.78 Å². The van der Waals surface area contributed by atoms with E-state index in [-0.39, 0.29) is 11.5 Å². The second-order valence-electron chi connectivity index (χ2n) is 2.82. The van der Waals surface area contributed by atoms with Crippen LogP contribution in [0.3, 0.4) is 0 Å². The van der Waals surface area contributed by atoms with E-state index >= 15 is 0 Å². The molecular formula is C9H16F2OS. The van der Waals surface area contributed by atoms with E-state index in [4.69, 9.17) is 0 Å². The van der Waals surface area contributed by atoms with E-state index in [1.165, 1.54) is 11.8 Å². The van der Waals surface area contributed by atoms with E-state index in [1.807, 2.05) is 6.92 Å². The van der Waals surface area contributed by atoms with Crippen LogP contribution in [0, 0.1) is 0 Å². The Balaban J connectivity index is 3.12. The predicted molar refractivity (Wildman–Crippen MR) is 52.5 cm³/mol. The third-order valence-corrected chi connectivity index (χ3v) is 2.73. The van der Waals surface area contributed by atoms with Crippen LogP contribution in [0.15, 0.2) is 0 Å². The third-order valence-electron chi connectivity index (χ3n) is 1.63. The third kappa shape index (κ3) is 8.22. The van der Waals surface area contributed by atoms with Crippen molar-refractivity contribution in [3.8, 4) is 0 Å². The van der Waals surface area contributed by atoms with Crippen LogP contribution in [0.2, 0.25) is 0 Å². The Morgan fingerprint density at radius 2 is 2.15 bits per heavy atom. The standard InChI is InChI=1S/C9H16F2OS/c1-2-9(12)13-6-4-3-5-8(11)7-10/h8H,2-7H2,1H3. The second kappa shape index (κ2) is 8.48. The molecule has 0 bridgehead atoms. The number of unbranched alkanes of at least 4 members (excludes halogenated alkanes) is 1. The van der Waals surface area contributed by atoms with Crippen LogP contribution in [-0.2, 0) is 4.79 Å². The van der Waals surface area contributed by atoms with Gasteiger partial charge in [-0.1, -0.05) is 18.7 Å². The van der Waals surface area contributed by atoms with Gasteiger partial charge in [-0.3, -0.25) is 4.79 Å². The Morgan fingerprint density at radius 1 is 1.46 bits per heavy atom. The molecule has 0 saturated carbocycles. The Kier molecular flexibility index (Phi) is 8.40. The molecule has 0 heterocycles. The molecule has 0 aromatic rings. The van der Waals surface area contributed by atoms with E-state index in [9.17, 15) is 13.6 Å². The van der Waals surface area contributed by atoms with Crippen molar-refractivity contribution < 1.29 is 13.6 Å². The van der Waals surface area contributed by atoms with Gasteiger partial charge in [0.1, 0.15) is 12.8 Å². The number of rotatable bonds is 7. The monoisotopic (exact) mass is 210 g/mol. The molecule has 1 nitrogen and oxygen atoms in total. The molecule has 0 saturated heterocycles. The first-order chi connectivity index (χ1) is 6.20. The molecule has 0 radical (unpaired) electrons. The maximum Gasteiger partial charge on any atom is 0.188 e. The molecular weight excluding hydrogens is 194 g/mol. The van der Waals surface area contributed by atoms with Gasteiger partial charge in [0.2, 0.25) is 0 Å². The van der Waals surface area contributed by atoms with Gasteiger partial charge in [0.25, 0.3) is 0 Å². The van der Waals surface area contributed by atoms with Gasteiger partial charge in [0.05, 0.1) is 0 Å². The van der Waals surface area contributed by atoms with Crippen molar-refractivity contribution >= 4 is 16.9 Å². The first kappa shape index (κ1) is 12.9. The van der Waals surface area contributed by atoms with Crippen LogP contribution in [0.4, 0.5) is 8.78 Å². The molecule has 0 N–H and O–H groups in total. The largest absolute Gasteiger partial charge is 0.287 e. The van der Waals surface area contributed by atoms with Gasteiger partial charge in [-0.15, -0.1) is 0 Å². The average Bonchev–Trinajstić information content (AvgIpc) is 2.16. The summed E-state index contributed by atoms with van der Waals surface area (Å²) in [7, 11) is 0. The average molecular weight is 210 g/mol. The van der Waals surface area contributed by atoms with Gasteiger partial charge in [-0.05, 0) is 19.3 Å². The lowest BCUT2D eigenvalue weighted by Crippen LogP contribution is -2.02. The summed E-state index contributed by atoms with van der Waals surface area (Å²) in [4.78, 5) is 10.8. The highest BCUT2D eigenvalue weighted by atomic mass is 32.2. The van der Waals surface area contributed by atoms with Crippen LogP contribution in [-0.4, -0.2) is 23.7 Å². The molecule has 1 unspecified atom stereocenters. The zero-order chi connectivity index (χ0) is 10.1. The summed E-state index contributed by atoms with van der Waals surface area (Å²) in [5, 5.41) is 0.169. The van der Waals surface area contributed by atoms with Gasteiger partial charge >= 0.3 is 0 Å². The highest BCUT2D eigenvalue weighted by Crippen LogP contribution is 2.11. The van der Waals surface area contributed by atoms with Crippen molar-refractivity contribution in [2.75, 3.05) is 12.4 Å². The molecule has 0 spiro atoms. The summed E-state index contributed by atoms with van der Waals surface area (Å²) in [5.41, 5.74) is 0. The molecule has 0 aliphatic heterocycles. The molecule has 0 aromatic heterocycles. The van der Waals surface area contributed by atoms with Gasteiger partial charge in [-0.2, -0.15) is 0 Å². The summed E-state index contributed by atoms with van der Waals surface area (Å²) in [6, 6.07) is 0. The number of halogens is 2. The van der Waals surface area contributed by atoms with Crippen molar-refractivity contribution in [1.29, 1.82) is 0 Å². The second-order valence-corrected chi connectivity index (χ2v) is 3.97. The van der Waals surface area contributed by atoms with Gasteiger partial charge in [0.15, 0.2) is 5.12 Å². The molecule has 78 valence electrons.